The topological polar surface area (TPSA) is 92.3 Å². The van der Waals surface area contributed by atoms with E-state index in [9.17, 15) is 9.59 Å². The van der Waals surface area contributed by atoms with Gasteiger partial charge in [0, 0.05) is 39.2 Å². The molecule has 2 aliphatic rings. The minimum Gasteiger partial charge on any atom is -0.466 e. The Balaban J connectivity index is 0.00000392. The highest BCUT2D eigenvalue weighted by Crippen LogP contribution is 2.25. The van der Waals surface area contributed by atoms with Gasteiger partial charge >= 0.3 is 5.97 Å². The first-order chi connectivity index (χ1) is 13.0. The summed E-state index contributed by atoms with van der Waals surface area (Å²) in [7, 11) is 3.45. The van der Waals surface area contributed by atoms with E-state index in [-0.39, 0.29) is 54.4 Å². The molecule has 0 spiro atoms. The summed E-state index contributed by atoms with van der Waals surface area (Å²) in [6.07, 6.45) is 4.45. The van der Waals surface area contributed by atoms with E-state index in [0.29, 0.717) is 18.5 Å². The normalized spacial score (nSPS) is 24.8. The van der Waals surface area contributed by atoms with Crippen LogP contribution in [-0.4, -0.2) is 75.8 Å². The third-order valence-corrected chi connectivity index (χ3v) is 5.14. The van der Waals surface area contributed by atoms with Gasteiger partial charge < -0.3 is 25.0 Å². The van der Waals surface area contributed by atoms with Gasteiger partial charge in [0.15, 0.2) is 5.96 Å². The van der Waals surface area contributed by atoms with Crippen LogP contribution >= 0.6 is 24.0 Å². The highest BCUT2D eigenvalue weighted by molar-refractivity contribution is 14.0. The maximum atomic E-state index is 11.9. The Kier molecular flexibility index (Phi) is 11.7. The quantitative estimate of drug-likeness (QED) is 0.233. The van der Waals surface area contributed by atoms with Gasteiger partial charge in [-0.15, -0.1) is 24.0 Å². The Hall–Kier alpha value is -1.10. The van der Waals surface area contributed by atoms with Crippen LogP contribution in [0.2, 0.25) is 0 Å². The molecule has 1 saturated heterocycles. The Morgan fingerprint density at radius 3 is 2.46 bits per heavy atom. The molecule has 1 atom stereocenters. The van der Waals surface area contributed by atoms with E-state index in [0.717, 1.165) is 51.9 Å². The Morgan fingerprint density at radius 1 is 1.18 bits per heavy atom. The van der Waals surface area contributed by atoms with Gasteiger partial charge in [0.05, 0.1) is 19.1 Å². The first-order valence-corrected chi connectivity index (χ1v) is 9.99. The second-order valence-corrected chi connectivity index (χ2v) is 7.51. The van der Waals surface area contributed by atoms with Gasteiger partial charge in [-0.05, 0) is 39.0 Å². The number of carbonyl (C=O) groups excluding carboxylic acids is 2. The van der Waals surface area contributed by atoms with Crippen molar-refractivity contribution >= 4 is 41.8 Å². The zero-order valence-electron chi connectivity index (χ0n) is 17.2. The van der Waals surface area contributed by atoms with Crippen LogP contribution in [0.3, 0.4) is 0 Å². The standard InChI is InChI=1S/C19H34N4O4.HI/c1-4-27-18(25)15-5-7-16(8-6-15)22-19(21-12-17(24)23(2)3)20-11-14-9-10-26-13-14;/h14-16H,4-13H2,1-3H3,(H2,20,21,22);1H. The minimum atomic E-state index is -0.0826. The molecule has 0 bridgehead atoms. The minimum absolute atomic E-state index is 0. The first kappa shape index (κ1) is 24.9. The number of likely N-dealkylation sites (N-methyl/N-ethyl adjacent to an activating group) is 1. The SMILES string of the molecule is CCOC(=O)C1CCC(NC(=NCC(=O)N(C)C)NCC2CCOC2)CC1.I. The number of hydrogen-bond donors (Lipinski definition) is 2. The summed E-state index contributed by atoms with van der Waals surface area (Å²) in [4.78, 5) is 29.7. The molecule has 1 saturated carbocycles. The molecule has 1 aliphatic heterocycles. The van der Waals surface area contributed by atoms with Crippen molar-refractivity contribution in [2.45, 2.75) is 45.1 Å². The Labute approximate surface area is 185 Å². The number of hydrogen-bond acceptors (Lipinski definition) is 5. The molecule has 28 heavy (non-hydrogen) atoms. The van der Waals surface area contributed by atoms with Gasteiger partial charge in [0.1, 0.15) is 6.54 Å². The van der Waals surface area contributed by atoms with Gasteiger partial charge in [-0.1, -0.05) is 0 Å². The second kappa shape index (κ2) is 13.2. The zero-order chi connectivity index (χ0) is 19.6. The lowest BCUT2D eigenvalue weighted by Gasteiger charge is -2.29. The first-order valence-electron chi connectivity index (χ1n) is 9.99. The van der Waals surface area contributed by atoms with Crippen molar-refractivity contribution in [1.29, 1.82) is 0 Å². The lowest BCUT2D eigenvalue weighted by Crippen LogP contribution is -2.47. The van der Waals surface area contributed by atoms with Gasteiger partial charge in [-0.3, -0.25) is 9.59 Å². The predicted molar refractivity (Wildman–Crippen MR) is 119 cm³/mol. The molecular formula is C19H35IN4O4. The van der Waals surface area contributed by atoms with Crippen molar-refractivity contribution in [3.63, 3.8) is 0 Å². The summed E-state index contributed by atoms with van der Waals surface area (Å²) < 4.78 is 10.5. The van der Waals surface area contributed by atoms with Gasteiger partial charge in [-0.25, -0.2) is 4.99 Å². The molecule has 9 heteroatoms. The lowest BCUT2D eigenvalue weighted by atomic mass is 9.86. The number of nitrogens with zero attached hydrogens (tertiary/aromatic N) is 2. The molecule has 0 aromatic carbocycles. The summed E-state index contributed by atoms with van der Waals surface area (Å²) in [6, 6.07) is 0.246. The van der Waals surface area contributed by atoms with Crippen molar-refractivity contribution in [2.75, 3.05) is 47.0 Å². The second-order valence-electron chi connectivity index (χ2n) is 7.51. The fourth-order valence-corrected chi connectivity index (χ4v) is 3.35. The third-order valence-electron chi connectivity index (χ3n) is 5.14. The summed E-state index contributed by atoms with van der Waals surface area (Å²) >= 11 is 0. The number of carbonyl (C=O) groups is 2. The largest absolute Gasteiger partial charge is 0.466 e. The highest BCUT2D eigenvalue weighted by Gasteiger charge is 2.28. The number of ether oxygens (including phenoxy) is 2. The molecule has 1 amide bonds. The zero-order valence-corrected chi connectivity index (χ0v) is 19.6. The smallest absolute Gasteiger partial charge is 0.308 e. The highest BCUT2D eigenvalue weighted by atomic mass is 127. The Bertz CT molecular complexity index is 516. The van der Waals surface area contributed by atoms with E-state index in [2.05, 4.69) is 15.6 Å². The molecule has 2 rings (SSSR count). The number of nitrogens with one attached hydrogen (secondary N) is 2. The van der Waals surface area contributed by atoms with Crippen LogP contribution in [0.4, 0.5) is 0 Å². The van der Waals surface area contributed by atoms with Crippen molar-refractivity contribution in [3.8, 4) is 0 Å². The summed E-state index contributed by atoms with van der Waals surface area (Å²) in [5.41, 5.74) is 0. The fourth-order valence-electron chi connectivity index (χ4n) is 3.35. The van der Waals surface area contributed by atoms with Crippen LogP contribution in [0, 0.1) is 11.8 Å². The molecule has 1 unspecified atom stereocenters. The molecule has 0 aromatic heterocycles. The van der Waals surface area contributed by atoms with Crippen molar-refractivity contribution in [3.05, 3.63) is 0 Å². The summed E-state index contributed by atoms with van der Waals surface area (Å²) in [5, 5.41) is 6.79. The van der Waals surface area contributed by atoms with E-state index >= 15 is 0 Å². The van der Waals surface area contributed by atoms with E-state index in [1.165, 1.54) is 4.90 Å². The number of rotatable bonds is 7. The van der Waals surface area contributed by atoms with Crippen LogP contribution in [0.1, 0.15) is 39.0 Å². The van der Waals surface area contributed by atoms with E-state index in [1.807, 2.05) is 6.92 Å². The number of guanidine groups is 1. The van der Waals surface area contributed by atoms with E-state index < -0.39 is 0 Å². The summed E-state index contributed by atoms with van der Waals surface area (Å²) in [6.45, 7) is 4.74. The van der Waals surface area contributed by atoms with Gasteiger partial charge in [0.2, 0.25) is 5.91 Å². The monoisotopic (exact) mass is 510 g/mol. The predicted octanol–water partition coefficient (Wildman–Crippen LogP) is 1.39. The third kappa shape index (κ3) is 8.50. The van der Waals surface area contributed by atoms with Gasteiger partial charge in [0.25, 0.3) is 0 Å². The molecule has 0 aromatic rings. The number of aliphatic imine (C=N–C) groups is 1. The molecule has 2 N–H and O–H groups in total. The molecule has 2 fully saturated rings. The molecular weight excluding hydrogens is 475 g/mol. The number of amides is 1. The number of halogens is 1. The number of esters is 1. The van der Waals surface area contributed by atoms with Crippen molar-refractivity contribution < 1.29 is 19.1 Å². The maximum absolute atomic E-state index is 11.9. The average Bonchev–Trinajstić information content (AvgIpc) is 3.18. The van der Waals surface area contributed by atoms with Crippen LogP contribution in [0.25, 0.3) is 0 Å². The lowest BCUT2D eigenvalue weighted by molar-refractivity contribution is -0.149. The van der Waals surface area contributed by atoms with E-state index in [1.54, 1.807) is 14.1 Å². The van der Waals surface area contributed by atoms with Crippen molar-refractivity contribution in [1.82, 2.24) is 15.5 Å². The molecule has 8 nitrogen and oxygen atoms in total. The van der Waals surface area contributed by atoms with Crippen LogP contribution in [-0.2, 0) is 19.1 Å². The molecule has 1 heterocycles. The van der Waals surface area contributed by atoms with Crippen LogP contribution < -0.4 is 10.6 Å². The average molecular weight is 510 g/mol. The summed E-state index contributed by atoms with van der Waals surface area (Å²) in [5.74, 6) is 1.02. The van der Waals surface area contributed by atoms with Crippen LogP contribution in [0.5, 0.6) is 0 Å². The van der Waals surface area contributed by atoms with E-state index in [4.69, 9.17) is 9.47 Å². The van der Waals surface area contributed by atoms with Gasteiger partial charge in [-0.2, -0.15) is 0 Å². The van der Waals surface area contributed by atoms with Crippen molar-refractivity contribution in [2.24, 2.45) is 16.8 Å². The molecule has 1 aliphatic carbocycles. The maximum Gasteiger partial charge on any atom is 0.308 e. The van der Waals surface area contributed by atoms with Crippen LogP contribution in [0.15, 0.2) is 4.99 Å². The fraction of sp³-hybridized carbons (Fsp3) is 0.842. The molecule has 0 radical (unpaired) electrons. The molecule has 162 valence electrons. The Morgan fingerprint density at radius 2 is 1.89 bits per heavy atom.